The quantitative estimate of drug-likeness (QED) is 0.808. The number of pyridine rings is 1. The highest BCUT2D eigenvalue weighted by Crippen LogP contribution is 2.21. The molecule has 128 valence electrons. The van der Waals surface area contributed by atoms with Crippen LogP contribution in [0.25, 0.3) is 0 Å². The summed E-state index contributed by atoms with van der Waals surface area (Å²) < 4.78 is 26.3. The van der Waals surface area contributed by atoms with Crippen molar-refractivity contribution in [1.82, 2.24) is 14.6 Å². The van der Waals surface area contributed by atoms with E-state index in [1.165, 1.54) is 16.6 Å². The SMILES string of the molecule is CNC(=O)C(Nc1ccc(S(=O)(=O)N2CCCC2)cn1)C(C)C. The van der Waals surface area contributed by atoms with Crippen molar-refractivity contribution in [2.75, 3.05) is 25.5 Å². The molecule has 8 heteroatoms. The Morgan fingerprint density at radius 1 is 1.26 bits per heavy atom. The summed E-state index contributed by atoms with van der Waals surface area (Å²) in [4.78, 5) is 16.2. The van der Waals surface area contributed by atoms with Gasteiger partial charge in [0.05, 0.1) is 0 Å². The van der Waals surface area contributed by atoms with Crippen molar-refractivity contribution in [2.45, 2.75) is 37.6 Å². The van der Waals surface area contributed by atoms with E-state index in [9.17, 15) is 13.2 Å². The molecule has 7 nitrogen and oxygen atoms in total. The predicted octanol–water partition coefficient (Wildman–Crippen LogP) is 1.05. The largest absolute Gasteiger partial charge is 0.358 e. The first-order chi connectivity index (χ1) is 10.9. The molecule has 1 unspecified atom stereocenters. The third-order valence-corrected chi connectivity index (χ3v) is 5.82. The second kappa shape index (κ2) is 7.27. The molecular weight excluding hydrogens is 316 g/mol. The number of hydrogen-bond acceptors (Lipinski definition) is 5. The number of nitrogens with one attached hydrogen (secondary N) is 2. The number of aromatic nitrogens is 1. The lowest BCUT2D eigenvalue weighted by Gasteiger charge is -2.21. The lowest BCUT2D eigenvalue weighted by atomic mass is 10.0. The van der Waals surface area contributed by atoms with Crippen molar-refractivity contribution < 1.29 is 13.2 Å². The van der Waals surface area contributed by atoms with Gasteiger partial charge in [0.25, 0.3) is 0 Å². The van der Waals surface area contributed by atoms with Gasteiger partial charge in [0, 0.05) is 26.3 Å². The van der Waals surface area contributed by atoms with E-state index in [0.717, 1.165) is 12.8 Å². The van der Waals surface area contributed by atoms with E-state index in [2.05, 4.69) is 15.6 Å². The first-order valence-electron chi connectivity index (χ1n) is 7.80. The average molecular weight is 340 g/mol. The monoisotopic (exact) mass is 340 g/mol. The minimum atomic E-state index is -3.46. The van der Waals surface area contributed by atoms with Crippen LogP contribution in [-0.2, 0) is 14.8 Å². The molecule has 1 aliphatic heterocycles. The van der Waals surface area contributed by atoms with Gasteiger partial charge in [-0.3, -0.25) is 4.79 Å². The molecule has 0 radical (unpaired) electrons. The van der Waals surface area contributed by atoms with E-state index < -0.39 is 16.1 Å². The van der Waals surface area contributed by atoms with Crippen LogP contribution < -0.4 is 10.6 Å². The van der Waals surface area contributed by atoms with Crippen LogP contribution in [-0.4, -0.2) is 49.8 Å². The highest BCUT2D eigenvalue weighted by atomic mass is 32.2. The van der Waals surface area contributed by atoms with Gasteiger partial charge in [-0.1, -0.05) is 13.8 Å². The molecule has 1 atom stereocenters. The smallest absolute Gasteiger partial charge is 0.244 e. The molecule has 1 fully saturated rings. The van der Waals surface area contributed by atoms with Crippen LogP contribution in [0.1, 0.15) is 26.7 Å². The van der Waals surface area contributed by atoms with E-state index >= 15 is 0 Å². The van der Waals surface area contributed by atoms with Gasteiger partial charge in [0.15, 0.2) is 0 Å². The number of sulfonamides is 1. The summed E-state index contributed by atoms with van der Waals surface area (Å²) in [7, 11) is -1.88. The van der Waals surface area contributed by atoms with E-state index in [1.54, 1.807) is 13.1 Å². The summed E-state index contributed by atoms with van der Waals surface area (Å²) in [5, 5.41) is 5.65. The fraction of sp³-hybridized carbons (Fsp3) is 0.600. The normalized spacial score (nSPS) is 17.2. The lowest BCUT2D eigenvalue weighted by molar-refractivity contribution is -0.122. The third kappa shape index (κ3) is 4.00. The molecule has 0 saturated carbocycles. The minimum Gasteiger partial charge on any atom is -0.358 e. The Labute approximate surface area is 137 Å². The van der Waals surface area contributed by atoms with Crippen LogP contribution >= 0.6 is 0 Å². The maximum absolute atomic E-state index is 12.4. The molecule has 2 heterocycles. The minimum absolute atomic E-state index is 0.0739. The second-order valence-electron chi connectivity index (χ2n) is 5.97. The molecular formula is C15H24N4O3S. The molecule has 1 aromatic rings. The second-order valence-corrected chi connectivity index (χ2v) is 7.91. The molecule has 1 aliphatic rings. The maximum atomic E-state index is 12.4. The summed E-state index contributed by atoms with van der Waals surface area (Å²) >= 11 is 0. The van der Waals surface area contributed by atoms with Crippen LogP contribution in [0.5, 0.6) is 0 Å². The van der Waals surface area contributed by atoms with Gasteiger partial charge >= 0.3 is 0 Å². The van der Waals surface area contributed by atoms with E-state index in [-0.39, 0.29) is 16.7 Å². The van der Waals surface area contributed by atoms with Gasteiger partial charge in [-0.05, 0) is 30.9 Å². The zero-order chi connectivity index (χ0) is 17.0. The number of likely N-dealkylation sites (N-methyl/N-ethyl adjacent to an activating group) is 1. The molecule has 2 N–H and O–H groups in total. The molecule has 0 spiro atoms. The molecule has 1 saturated heterocycles. The Bertz CT molecular complexity index is 637. The highest BCUT2D eigenvalue weighted by molar-refractivity contribution is 7.89. The molecule has 0 bridgehead atoms. The van der Waals surface area contributed by atoms with Crippen LogP contribution in [0.4, 0.5) is 5.82 Å². The number of carbonyl (C=O) groups is 1. The molecule has 0 aromatic carbocycles. The summed E-state index contributed by atoms with van der Waals surface area (Å²) in [6.45, 7) is 4.99. The zero-order valence-electron chi connectivity index (χ0n) is 13.7. The Balaban J connectivity index is 2.14. The summed E-state index contributed by atoms with van der Waals surface area (Å²) in [6.07, 6.45) is 3.14. The third-order valence-electron chi connectivity index (χ3n) is 3.94. The molecule has 0 aliphatic carbocycles. The topological polar surface area (TPSA) is 91.4 Å². The predicted molar refractivity (Wildman–Crippen MR) is 88.5 cm³/mol. The standard InChI is InChI=1S/C15H24N4O3S/c1-11(2)14(15(20)16-3)18-13-7-6-12(10-17-13)23(21,22)19-8-4-5-9-19/h6-7,10-11,14H,4-5,8-9H2,1-3H3,(H,16,20)(H,17,18). The Hall–Kier alpha value is -1.67. The number of nitrogens with zero attached hydrogens (tertiary/aromatic N) is 2. The summed E-state index contributed by atoms with van der Waals surface area (Å²) in [5.74, 6) is 0.424. The van der Waals surface area contributed by atoms with Crippen LogP contribution in [0, 0.1) is 5.92 Å². The first kappa shape index (κ1) is 17.7. The number of amides is 1. The molecule has 1 amide bonds. The van der Waals surface area contributed by atoms with Crippen molar-refractivity contribution in [3.63, 3.8) is 0 Å². The fourth-order valence-corrected chi connectivity index (χ4v) is 4.01. The van der Waals surface area contributed by atoms with Gasteiger partial charge in [-0.25, -0.2) is 13.4 Å². The van der Waals surface area contributed by atoms with E-state index in [1.807, 2.05) is 13.8 Å². The average Bonchev–Trinajstić information content (AvgIpc) is 3.07. The van der Waals surface area contributed by atoms with Gasteiger partial charge in [-0.15, -0.1) is 0 Å². The highest BCUT2D eigenvalue weighted by Gasteiger charge is 2.27. The van der Waals surface area contributed by atoms with Crippen LogP contribution in [0.15, 0.2) is 23.2 Å². The fourth-order valence-electron chi connectivity index (χ4n) is 2.55. The number of anilines is 1. The van der Waals surface area contributed by atoms with Crippen molar-refractivity contribution in [2.24, 2.45) is 5.92 Å². The maximum Gasteiger partial charge on any atom is 0.244 e. The van der Waals surface area contributed by atoms with Gasteiger partial charge in [-0.2, -0.15) is 4.31 Å². The lowest BCUT2D eigenvalue weighted by Crippen LogP contribution is -2.41. The van der Waals surface area contributed by atoms with Crippen molar-refractivity contribution in [1.29, 1.82) is 0 Å². The van der Waals surface area contributed by atoms with Crippen molar-refractivity contribution in [3.05, 3.63) is 18.3 Å². The van der Waals surface area contributed by atoms with Crippen molar-refractivity contribution >= 4 is 21.7 Å². The Morgan fingerprint density at radius 3 is 2.39 bits per heavy atom. The van der Waals surface area contributed by atoms with Gasteiger partial charge in [0.1, 0.15) is 16.8 Å². The van der Waals surface area contributed by atoms with Crippen LogP contribution in [0.2, 0.25) is 0 Å². The Morgan fingerprint density at radius 2 is 1.91 bits per heavy atom. The summed E-state index contributed by atoms with van der Waals surface area (Å²) in [5.41, 5.74) is 0. The molecule has 23 heavy (non-hydrogen) atoms. The first-order valence-corrected chi connectivity index (χ1v) is 9.24. The van der Waals surface area contributed by atoms with Crippen molar-refractivity contribution in [3.8, 4) is 0 Å². The zero-order valence-corrected chi connectivity index (χ0v) is 14.6. The van der Waals surface area contributed by atoms with Gasteiger partial charge < -0.3 is 10.6 Å². The number of hydrogen-bond donors (Lipinski definition) is 2. The Kier molecular flexibility index (Phi) is 5.59. The number of rotatable bonds is 6. The molecule has 1 aromatic heterocycles. The van der Waals surface area contributed by atoms with E-state index in [0.29, 0.717) is 18.9 Å². The van der Waals surface area contributed by atoms with Crippen LogP contribution in [0.3, 0.4) is 0 Å². The van der Waals surface area contributed by atoms with Gasteiger partial charge in [0.2, 0.25) is 15.9 Å². The van der Waals surface area contributed by atoms with E-state index in [4.69, 9.17) is 0 Å². The summed E-state index contributed by atoms with van der Waals surface area (Å²) in [6, 6.07) is 2.71. The molecule has 2 rings (SSSR count). The number of carbonyl (C=O) groups excluding carboxylic acids is 1.